The Kier molecular flexibility index (Phi) is 11.1. The number of nitrogens with zero attached hydrogens (tertiary/aromatic N) is 3. The molecule has 3 aliphatic rings. The minimum Gasteiger partial charge on any atom is -0.387 e. The number of aryl methyl sites for hydroxylation is 1. The van der Waals surface area contributed by atoms with E-state index in [0.29, 0.717) is 46.4 Å². The first kappa shape index (κ1) is 37.5. The Labute approximate surface area is 316 Å². The van der Waals surface area contributed by atoms with Gasteiger partial charge in [0.05, 0.1) is 40.1 Å². The Morgan fingerprint density at radius 1 is 0.873 bits per heavy atom. The summed E-state index contributed by atoms with van der Waals surface area (Å²) in [6.07, 6.45) is 10.1. The summed E-state index contributed by atoms with van der Waals surface area (Å²) in [4.78, 5) is 72.8. The van der Waals surface area contributed by atoms with Crippen LogP contribution in [0.3, 0.4) is 0 Å². The molecule has 14 heteroatoms. The molecule has 0 radical (unpaired) electrons. The molecule has 286 valence electrons. The van der Waals surface area contributed by atoms with Gasteiger partial charge in [-0.15, -0.1) is 0 Å². The largest absolute Gasteiger partial charge is 0.387 e. The zero-order valence-electron chi connectivity index (χ0n) is 30.6. The zero-order valence-corrected chi connectivity index (χ0v) is 30.6. The molecule has 1 saturated heterocycles. The van der Waals surface area contributed by atoms with E-state index in [2.05, 4.69) is 26.3 Å². The van der Waals surface area contributed by atoms with Gasteiger partial charge in [0.1, 0.15) is 17.7 Å². The number of rotatable bonds is 15. The number of halogens is 2. The van der Waals surface area contributed by atoms with E-state index in [-0.39, 0.29) is 53.4 Å². The number of anilines is 1. The number of imide groups is 1. The van der Waals surface area contributed by atoms with Crippen LogP contribution in [-0.4, -0.2) is 70.1 Å². The molecule has 12 nitrogen and oxygen atoms in total. The van der Waals surface area contributed by atoms with E-state index in [1.165, 1.54) is 29.3 Å². The predicted octanol–water partition coefficient (Wildman–Crippen LogP) is 5.58. The third kappa shape index (κ3) is 8.32. The summed E-state index contributed by atoms with van der Waals surface area (Å²) in [5.74, 6) is -3.17. The lowest BCUT2D eigenvalue weighted by molar-refractivity contribution is -0.136. The summed E-state index contributed by atoms with van der Waals surface area (Å²) in [5, 5.41) is 11.6. The number of pyridine rings is 2. The lowest BCUT2D eigenvalue weighted by atomic mass is 9.99. The van der Waals surface area contributed by atoms with Crippen LogP contribution in [0.4, 0.5) is 14.5 Å². The average molecular weight is 752 g/mol. The molecule has 1 aliphatic carbocycles. The number of aromatic nitrogens is 2. The highest BCUT2D eigenvalue weighted by Gasteiger charge is 2.39. The molecule has 0 spiro atoms. The summed E-state index contributed by atoms with van der Waals surface area (Å²) in [5.41, 5.74) is 3.48. The van der Waals surface area contributed by atoms with E-state index in [1.807, 2.05) is 6.07 Å². The Balaban J connectivity index is 0.842. The number of unbranched alkanes of at least 4 members (excludes halogenated alkanes) is 5. The van der Waals surface area contributed by atoms with Crippen LogP contribution in [0.5, 0.6) is 0 Å². The fraction of sp³-hybridized carbons (Fsp3) is 0.390. The number of fused-ring (bicyclic) bond motifs is 2. The van der Waals surface area contributed by atoms with Gasteiger partial charge in [0.15, 0.2) is 0 Å². The SMILES string of the molecule is CNc1c(C(=O)NC2CC2)cnc2cc(F)c(-c3ccc(C(=O)NCCCCCCCCc4ccc5c(n4)CN(C4CCC(=O)NC4=O)C5=O)c(F)c3)cc12. The van der Waals surface area contributed by atoms with Crippen LogP contribution in [0.15, 0.2) is 48.7 Å². The van der Waals surface area contributed by atoms with E-state index in [4.69, 9.17) is 4.98 Å². The standard InChI is InChI=1S/C41H43F2N7O5/c1-44-37-29-19-28(32(43)20-33(29)46-21-30(37)39(53)48-25-10-11-25)23-9-13-26(31(42)18-23)38(52)45-17-7-5-3-2-4-6-8-24-12-14-27-34(47-24)22-50(41(27)55)35-15-16-36(51)49-40(35)54/h9,12-14,18-21,25,35H,2-8,10-11,15-17,22H2,1H3,(H,44,46)(H,45,52)(H,48,53)(H,49,51,54). The number of piperidine rings is 1. The lowest BCUT2D eigenvalue weighted by Gasteiger charge is -2.29. The summed E-state index contributed by atoms with van der Waals surface area (Å²) >= 11 is 0. The number of carbonyl (C=O) groups is 5. The number of carbonyl (C=O) groups excluding carboxylic acids is 5. The van der Waals surface area contributed by atoms with Gasteiger partial charge in [0, 0.05) is 55.0 Å². The van der Waals surface area contributed by atoms with Crippen LogP contribution >= 0.6 is 0 Å². The lowest BCUT2D eigenvalue weighted by Crippen LogP contribution is -2.52. The molecule has 55 heavy (non-hydrogen) atoms. The zero-order chi connectivity index (χ0) is 38.6. The van der Waals surface area contributed by atoms with Crippen LogP contribution in [0.1, 0.15) is 107 Å². The summed E-state index contributed by atoms with van der Waals surface area (Å²) in [6.45, 7) is 0.650. The van der Waals surface area contributed by atoms with Gasteiger partial charge in [-0.2, -0.15) is 0 Å². The van der Waals surface area contributed by atoms with Crippen LogP contribution in [0.2, 0.25) is 0 Å². The first-order valence-corrected chi connectivity index (χ1v) is 18.9. The van der Waals surface area contributed by atoms with Crippen LogP contribution in [0.25, 0.3) is 22.0 Å². The van der Waals surface area contributed by atoms with Crippen molar-refractivity contribution in [3.63, 3.8) is 0 Å². The van der Waals surface area contributed by atoms with Crippen LogP contribution in [0, 0.1) is 11.6 Å². The molecule has 1 atom stereocenters. The molecule has 4 N–H and O–H groups in total. The topological polar surface area (TPSA) is 162 Å². The number of hydrogen-bond acceptors (Lipinski definition) is 8. The summed E-state index contributed by atoms with van der Waals surface area (Å²) in [7, 11) is 1.67. The summed E-state index contributed by atoms with van der Waals surface area (Å²) < 4.78 is 30.5. The van der Waals surface area contributed by atoms with E-state index in [0.717, 1.165) is 69.5 Å². The van der Waals surface area contributed by atoms with Gasteiger partial charge in [0.2, 0.25) is 11.8 Å². The van der Waals surface area contributed by atoms with Crippen molar-refractivity contribution in [1.29, 1.82) is 0 Å². The van der Waals surface area contributed by atoms with Gasteiger partial charge in [-0.25, -0.2) is 8.78 Å². The van der Waals surface area contributed by atoms with Gasteiger partial charge in [-0.3, -0.25) is 39.3 Å². The van der Waals surface area contributed by atoms with Gasteiger partial charge >= 0.3 is 0 Å². The van der Waals surface area contributed by atoms with Crippen molar-refractivity contribution in [1.82, 2.24) is 30.8 Å². The van der Waals surface area contributed by atoms with Crippen molar-refractivity contribution in [2.75, 3.05) is 18.9 Å². The van der Waals surface area contributed by atoms with Crippen molar-refractivity contribution in [2.45, 2.75) is 89.3 Å². The van der Waals surface area contributed by atoms with Crippen molar-refractivity contribution in [2.24, 2.45) is 0 Å². The van der Waals surface area contributed by atoms with Crippen LogP contribution in [-0.2, 0) is 22.6 Å². The number of hydrogen-bond donors (Lipinski definition) is 4. The third-order valence-corrected chi connectivity index (χ3v) is 10.5. The first-order chi connectivity index (χ1) is 26.6. The quantitative estimate of drug-likeness (QED) is 0.0904. The second-order valence-electron chi connectivity index (χ2n) is 14.4. The molecule has 0 bridgehead atoms. The van der Waals surface area contributed by atoms with E-state index < -0.39 is 29.5 Å². The highest BCUT2D eigenvalue weighted by atomic mass is 19.1. The Morgan fingerprint density at radius 2 is 1.65 bits per heavy atom. The molecule has 2 aliphatic heterocycles. The monoisotopic (exact) mass is 751 g/mol. The molecule has 1 saturated carbocycles. The molecule has 5 amide bonds. The Bertz CT molecular complexity index is 2190. The Morgan fingerprint density at radius 3 is 2.40 bits per heavy atom. The molecule has 2 aromatic carbocycles. The van der Waals surface area contributed by atoms with Gasteiger partial charge in [-0.1, -0.05) is 31.7 Å². The molecule has 4 aromatic rings. The summed E-state index contributed by atoms with van der Waals surface area (Å²) in [6, 6.07) is 9.92. The van der Waals surface area contributed by atoms with Gasteiger partial charge in [0.25, 0.3) is 17.7 Å². The molecular formula is C41H43F2N7O5. The number of amides is 5. The second-order valence-corrected chi connectivity index (χ2v) is 14.4. The van der Waals surface area contributed by atoms with Crippen molar-refractivity contribution in [3.8, 4) is 11.1 Å². The normalized spacial score (nSPS) is 16.6. The van der Waals surface area contributed by atoms with E-state index in [1.54, 1.807) is 19.2 Å². The van der Waals surface area contributed by atoms with E-state index in [9.17, 15) is 24.0 Å². The predicted molar refractivity (Wildman–Crippen MR) is 201 cm³/mol. The van der Waals surface area contributed by atoms with Gasteiger partial charge < -0.3 is 20.9 Å². The minimum atomic E-state index is -0.768. The molecule has 1 unspecified atom stereocenters. The van der Waals surface area contributed by atoms with Crippen LogP contribution < -0.4 is 21.3 Å². The smallest absolute Gasteiger partial charge is 0.256 e. The first-order valence-electron chi connectivity index (χ1n) is 18.9. The molecular weight excluding hydrogens is 708 g/mol. The van der Waals surface area contributed by atoms with Crippen molar-refractivity contribution in [3.05, 3.63) is 88.4 Å². The third-order valence-electron chi connectivity index (χ3n) is 10.5. The maximum atomic E-state index is 15.3. The maximum absolute atomic E-state index is 15.3. The maximum Gasteiger partial charge on any atom is 0.256 e. The molecule has 7 rings (SSSR count). The highest BCUT2D eigenvalue weighted by Crippen LogP contribution is 2.34. The van der Waals surface area contributed by atoms with Gasteiger partial charge in [-0.05, 0) is 74.4 Å². The number of benzene rings is 2. The van der Waals surface area contributed by atoms with E-state index >= 15 is 8.78 Å². The molecule has 2 aromatic heterocycles. The Hall–Kier alpha value is -5.79. The fourth-order valence-corrected chi connectivity index (χ4v) is 7.29. The number of nitrogens with one attached hydrogen (secondary N) is 4. The van der Waals surface area contributed by atoms with Crippen molar-refractivity contribution >= 4 is 46.1 Å². The minimum absolute atomic E-state index is 0.120. The molecule has 4 heterocycles. The highest BCUT2D eigenvalue weighted by molar-refractivity contribution is 6.08. The average Bonchev–Trinajstić information content (AvgIpc) is 3.93. The second kappa shape index (κ2) is 16.3. The molecule has 2 fully saturated rings. The van der Waals surface area contributed by atoms with Crippen molar-refractivity contribution < 1.29 is 32.8 Å². The fourth-order valence-electron chi connectivity index (χ4n) is 7.29.